The third-order valence-electron chi connectivity index (χ3n) is 2.36. The van der Waals surface area contributed by atoms with Gasteiger partial charge in [-0.2, -0.15) is 0 Å². The van der Waals surface area contributed by atoms with Crippen molar-refractivity contribution in [3.63, 3.8) is 0 Å². The monoisotopic (exact) mass is 232 g/mol. The lowest BCUT2D eigenvalue weighted by molar-refractivity contribution is -0.321. The standard InChI is InChI=1S/C12H24O4/c1-3-5-7-8-9-11(12(13)14)16-15-10-6-4-2/h11H,3-10H2,1-2H3,(H,13,14). The maximum absolute atomic E-state index is 10.8. The van der Waals surface area contributed by atoms with E-state index < -0.39 is 12.1 Å². The van der Waals surface area contributed by atoms with Crippen LogP contribution in [0, 0.1) is 0 Å². The molecule has 0 fully saturated rings. The number of hydrogen-bond acceptors (Lipinski definition) is 3. The number of rotatable bonds is 11. The molecule has 0 aliphatic carbocycles. The average Bonchev–Trinajstić information content (AvgIpc) is 2.26. The molecule has 0 aromatic carbocycles. The molecule has 4 heteroatoms. The SMILES string of the molecule is CCCCCCC(OOCCCC)C(=O)O. The minimum absolute atomic E-state index is 0.468. The Balaban J connectivity index is 3.59. The molecule has 0 rings (SSSR count). The Hall–Kier alpha value is -0.610. The summed E-state index contributed by atoms with van der Waals surface area (Å²) in [5, 5.41) is 8.88. The summed E-state index contributed by atoms with van der Waals surface area (Å²) >= 11 is 0. The van der Waals surface area contributed by atoms with E-state index >= 15 is 0 Å². The van der Waals surface area contributed by atoms with Crippen molar-refractivity contribution in [1.82, 2.24) is 0 Å². The summed E-state index contributed by atoms with van der Waals surface area (Å²) < 4.78 is 0. The van der Waals surface area contributed by atoms with Crippen LogP contribution in [-0.2, 0) is 14.6 Å². The van der Waals surface area contributed by atoms with Gasteiger partial charge in [0.25, 0.3) is 0 Å². The molecule has 0 bridgehead atoms. The molecule has 0 spiro atoms. The molecule has 0 aliphatic heterocycles. The summed E-state index contributed by atoms with van der Waals surface area (Å²) in [5.41, 5.74) is 0. The van der Waals surface area contributed by atoms with Crippen LogP contribution in [0.3, 0.4) is 0 Å². The van der Waals surface area contributed by atoms with E-state index in [0.717, 1.165) is 38.5 Å². The molecule has 1 atom stereocenters. The summed E-state index contributed by atoms with van der Waals surface area (Å²) in [7, 11) is 0. The van der Waals surface area contributed by atoms with Crippen LogP contribution >= 0.6 is 0 Å². The minimum atomic E-state index is -0.937. The summed E-state index contributed by atoms with van der Waals surface area (Å²) in [5.74, 6) is -0.937. The fourth-order valence-corrected chi connectivity index (χ4v) is 1.30. The molecular weight excluding hydrogens is 208 g/mol. The van der Waals surface area contributed by atoms with E-state index in [1.54, 1.807) is 0 Å². The molecular formula is C12H24O4. The predicted molar refractivity (Wildman–Crippen MR) is 62.1 cm³/mol. The van der Waals surface area contributed by atoms with Crippen LogP contribution in [0.15, 0.2) is 0 Å². The number of aliphatic carboxylic acids is 1. The molecule has 96 valence electrons. The first-order chi connectivity index (χ1) is 7.72. The normalized spacial score (nSPS) is 12.6. The highest BCUT2D eigenvalue weighted by Gasteiger charge is 2.18. The summed E-state index contributed by atoms with van der Waals surface area (Å²) in [4.78, 5) is 20.6. The number of carboxylic acid groups (broad SMARTS) is 1. The van der Waals surface area contributed by atoms with Gasteiger partial charge < -0.3 is 5.11 Å². The molecule has 0 aromatic heterocycles. The van der Waals surface area contributed by atoms with Crippen molar-refractivity contribution < 1.29 is 19.7 Å². The van der Waals surface area contributed by atoms with Crippen LogP contribution in [0.2, 0.25) is 0 Å². The van der Waals surface area contributed by atoms with Gasteiger partial charge in [0.2, 0.25) is 0 Å². The molecule has 4 nitrogen and oxygen atoms in total. The van der Waals surface area contributed by atoms with Gasteiger partial charge in [0.05, 0.1) is 6.61 Å². The van der Waals surface area contributed by atoms with Crippen molar-refractivity contribution in [2.24, 2.45) is 0 Å². The van der Waals surface area contributed by atoms with Gasteiger partial charge in [-0.25, -0.2) is 14.6 Å². The first-order valence-electron chi connectivity index (χ1n) is 6.23. The van der Waals surface area contributed by atoms with Gasteiger partial charge in [-0.1, -0.05) is 46.0 Å². The van der Waals surface area contributed by atoms with E-state index in [1.165, 1.54) is 0 Å². The first kappa shape index (κ1) is 15.4. The summed E-state index contributed by atoms with van der Waals surface area (Å²) in [6.07, 6.45) is 5.84. The molecule has 1 unspecified atom stereocenters. The van der Waals surface area contributed by atoms with E-state index in [2.05, 4.69) is 6.92 Å². The van der Waals surface area contributed by atoms with Crippen LogP contribution < -0.4 is 0 Å². The van der Waals surface area contributed by atoms with Gasteiger partial charge in [0, 0.05) is 0 Å². The van der Waals surface area contributed by atoms with Crippen molar-refractivity contribution >= 4 is 5.97 Å². The molecule has 0 aromatic rings. The van der Waals surface area contributed by atoms with E-state index in [1.807, 2.05) is 6.92 Å². The second-order valence-corrected chi connectivity index (χ2v) is 3.95. The molecule has 0 saturated heterocycles. The van der Waals surface area contributed by atoms with Crippen LogP contribution in [0.5, 0.6) is 0 Å². The Bertz CT molecular complexity index is 158. The average molecular weight is 232 g/mol. The lowest BCUT2D eigenvalue weighted by Gasteiger charge is -2.12. The van der Waals surface area contributed by atoms with E-state index in [0.29, 0.717) is 13.0 Å². The van der Waals surface area contributed by atoms with Crippen molar-refractivity contribution in [2.75, 3.05) is 6.61 Å². The highest BCUT2D eigenvalue weighted by atomic mass is 17.2. The Morgan fingerprint density at radius 3 is 2.38 bits per heavy atom. The highest BCUT2D eigenvalue weighted by Crippen LogP contribution is 2.09. The molecule has 16 heavy (non-hydrogen) atoms. The maximum atomic E-state index is 10.8. The Labute approximate surface area is 97.9 Å². The van der Waals surface area contributed by atoms with Crippen LogP contribution in [-0.4, -0.2) is 23.8 Å². The van der Waals surface area contributed by atoms with Gasteiger partial charge in [0.15, 0.2) is 6.10 Å². The van der Waals surface area contributed by atoms with Gasteiger partial charge in [0.1, 0.15) is 0 Å². The number of carboxylic acids is 1. The topological polar surface area (TPSA) is 55.8 Å². The Morgan fingerprint density at radius 2 is 1.81 bits per heavy atom. The van der Waals surface area contributed by atoms with Crippen molar-refractivity contribution in [3.8, 4) is 0 Å². The zero-order chi connectivity index (χ0) is 12.2. The second-order valence-electron chi connectivity index (χ2n) is 3.95. The number of unbranched alkanes of at least 4 members (excludes halogenated alkanes) is 4. The number of carbonyl (C=O) groups is 1. The van der Waals surface area contributed by atoms with E-state index in [9.17, 15) is 4.79 Å². The third-order valence-corrected chi connectivity index (χ3v) is 2.36. The van der Waals surface area contributed by atoms with Crippen LogP contribution in [0.4, 0.5) is 0 Å². The minimum Gasteiger partial charge on any atom is -0.479 e. The van der Waals surface area contributed by atoms with Crippen molar-refractivity contribution in [2.45, 2.75) is 64.9 Å². The Morgan fingerprint density at radius 1 is 1.12 bits per heavy atom. The third kappa shape index (κ3) is 8.68. The molecule has 0 amide bonds. The van der Waals surface area contributed by atoms with Crippen LogP contribution in [0.1, 0.15) is 58.8 Å². The predicted octanol–water partition coefficient (Wildman–Crippen LogP) is 3.16. The summed E-state index contributed by atoms with van der Waals surface area (Å²) in [6, 6.07) is 0. The zero-order valence-electron chi connectivity index (χ0n) is 10.4. The number of hydrogen-bond donors (Lipinski definition) is 1. The molecule has 0 saturated carbocycles. The van der Waals surface area contributed by atoms with Gasteiger partial charge in [-0.05, 0) is 12.8 Å². The lowest BCUT2D eigenvalue weighted by Crippen LogP contribution is -2.24. The zero-order valence-corrected chi connectivity index (χ0v) is 10.4. The Kier molecular flexibility index (Phi) is 10.5. The van der Waals surface area contributed by atoms with E-state index in [-0.39, 0.29) is 0 Å². The van der Waals surface area contributed by atoms with Gasteiger partial charge >= 0.3 is 5.97 Å². The van der Waals surface area contributed by atoms with E-state index in [4.69, 9.17) is 14.9 Å². The maximum Gasteiger partial charge on any atom is 0.336 e. The molecule has 0 heterocycles. The summed E-state index contributed by atoms with van der Waals surface area (Å²) in [6.45, 7) is 4.64. The molecule has 0 radical (unpaired) electrons. The second kappa shape index (κ2) is 10.9. The smallest absolute Gasteiger partial charge is 0.336 e. The van der Waals surface area contributed by atoms with Gasteiger partial charge in [-0.15, -0.1) is 0 Å². The molecule has 0 aliphatic rings. The van der Waals surface area contributed by atoms with Gasteiger partial charge in [-0.3, -0.25) is 0 Å². The highest BCUT2D eigenvalue weighted by molar-refractivity contribution is 5.72. The first-order valence-corrected chi connectivity index (χ1v) is 6.23. The fourth-order valence-electron chi connectivity index (χ4n) is 1.30. The fraction of sp³-hybridized carbons (Fsp3) is 0.917. The van der Waals surface area contributed by atoms with Crippen molar-refractivity contribution in [3.05, 3.63) is 0 Å². The quantitative estimate of drug-likeness (QED) is 0.338. The lowest BCUT2D eigenvalue weighted by atomic mass is 10.1. The molecule has 1 N–H and O–H groups in total. The largest absolute Gasteiger partial charge is 0.479 e. The van der Waals surface area contributed by atoms with Crippen molar-refractivity contribution in [1.29, 1.82) is 0 Å². The van der Waals surface area contributed by atoms with Crippen LogP contribution in [0.25, 0.3) is 0 Å².